The molecule has 0 N–H and O–H groups in total. The van der Waals surface area contributed by atoms with Gasteiger partial charge in [-0.2, -0.15) is 0 Å². The van der Waals surface area contributed by atoms with Crippen LogP contribution in [0.3, 0.4) is 0 Å². The van der Waals surface area contributed by atoms with Gasteiger partial charge in [0.05, 0.1) is 0 Å². The Bertz CT molecular complexity index is 221. The first-order valence-corrected chi connectivity index (χ1v) is 17.6. The van der Waals surface area contributed by atoms with Crippen LogP contribution in [-0.4, -0.2) is 49.4 Å². The van der Waals surface area contributed by atoms with Crippen LogP contribution in [0.1, 0.15) is 6.92 Å². The van der Waals surface area contributed by atoms with Gasteiger partial charge in [0.2, 0.25) is 0 Å². The Hall–Kier alpha value is 0.708. The molecule has 8 heteroatoms. The van der Waals surface area contributed by atoms with Gasteiger partial charge in [-0.15, -0.1) is 0 Å². The summed E-state index contributed by atoms with van der Waals surface area (Å²) in [5.74, 6) is 0. The second kappa shape index (κ2) is 10.4. The smallest absolute Gasteiger partial charge is 0.307 e. The second-order valence-electron chi connectivity index (χ2n) is 6.07. The monoisotopic (exact) mass is 342 g/mol. The van der Waals surface area contributed by atoms with Crippen molar-refractivity contribution >= 4 is 35.2 Å². The van der Waals surface area contributed by atoms with Crippen LogP contribution in [-0.2, 0) is 17.1 Å². The highest BCUT2D eigenvalue weighted by Crippen LogP contribution is 2.11. The van der Waals surface area contributed by atoms with Crippen LogP contribution in [0.5, 0.6) is 0 Å². The van der Waals surface area contributed by atoms with Crippen molar-refractivity contribution in [2.24, 2.45) is 0 Å². The predicted molar refractivity (Wildman–Crippen MR) is 93.5 cm³/mol. The van der Waals surface area contributed by atoms with Crippen molar-refractivity contribution in [3.63, 3.8) is 0 Å². The van der Waals surface area contributed by atoms with Gasteiger partial charge in [-0.1, -0.05) is 6.92 Å². The van der Waals surface area contributed by atoms with E-state index in [1.54, 1.807) is 14.2 Å². The SMILES string of the molecule is CC[Si](C)(C)O[SiH](C)OC.CO[SiH](C)O[Si](C)(C)C. The highest BCUT2D eigenvalue weighted by molar-refractivity contribution is 6.76. The molecule has 4 nitrogen and oxygen atoms in total. The second-order valence-corrected chi connectivity index (χ2v) is 19.6. The summed E-state index contributed by atoms with van der Waals surface area (Å²) >= 11 is 0. The highest BCUT2D eigenvalue weighted by Gasteiger charge is 2.22. The third-order valence-electron chi connectivity index (χ3n) is 2.52. The summed E-state index contributed by atoms with van der Waals surface area (Å²) < 4.78 is 21.7. The molecule has 2 atom stereocenters. The molecule has 0 aromatic carbocycles. The number of rotatable bonds is 7. The third kappa shape index (κ3) is 16.7. The number of hydrogen-bond acceptors (Lipinski definition) is 4. The molecule has 0 fully saturated rings. The molecule has 0 saturated carbocycles. The van der Waals surface area contributed by atoms with Crippen LogP contribution in [0.15, 0.2) is 0 Å². The summed E-state index contributed by atoms with van der Waals surface area (Å²) in [6.07, 6.45) is 0. The van der Waals surface area contributed by atoms with E-state index in [1.807, 2.05) is 0 Å². The van der Waals surface area contributed by atoms with Gasteiger partial charge in [-0.05, 0) is 51.9 Å². The van der Waals surface area contributed by atoms with Crippen LogP contribution in [0.25, 0.3) is 0 Å². The topological polar surface area (TPSA) is 36.9 Å². The van der Waals surface area contributed by atoms with Crippen LogP contribution in [0.2, 0.25) is 51.9 Å². The van der Waals surface area contributed by atoms with E-state index < -0.39 is 35.2 Å². The predicted octanol–water partition coefficient (Wildman–Crippen LogP) is 3.06. The Morgan fingerprint density at radius 3 is 1.37 bits per heavy atom. The molecule has 0 saturated heterocycles. The quantitative estimate of drug-likeness (QED) is 0.666. The Morgan fingerprint density at radius 2 is 1.16 bits per heavy atom. The molecule has 0 radical (unpaired) electrons. The Labute approximate surface area is 125 Å². The Kier molecular flexibility index (Phi) is 12.1. The zero-order chi connectivity index (χ0) is 15.7. The zero-order valence-electron chi connectivity index (χ0n) is 14.5. The summed E-state index contributed by atoms with van der Waals surface area (Å²) in [6.45, 7) is 17.3. The van der Waals surface area contributed by atoms with Crippen molar-refractivity contribution in [3.8, 4) is 0 Å². The van der Waals surface area contributed by atoms with Crippen LogP contribution in [0, 0.1) is 0 Å². The largest absolute Gasteiger partial charge is 0.438 e. The van der Waals surface area contributed by atoms with Crippen molar-refractivity contribution in [2.75, 3.05) is 14.2 Å². The summed E-state index contributed by atoms with van der Waals surface area (Å²) in [5.41, 5.74) is 0. The molecule has 0 bridgehead atoms. The number of hydrogen-bond donors (Lipinski definition) is 0. The molecule has 0 aliphatic heterocycles. The van der Waals surface area contributed by atoms with Gasteiger partial charge < -0.3 is 17.1 Å². The maximum absolute atomic E-state index is 5.79. The van der Waals surface area contributed by atoms with Gasteiger partial charge in [0, 0.05) is 14.2 Å². The summed E-state index contributed by atoms with van der Waals surface area (Å²) in [5, 5.41) is 0. The maximum atomic E-state index is 5.79. The fourth-order valence-corrected chi connectivity index (χ4v) is 10.1. The van der Waals surface area contributed by atoms with Gasteiger partial charge in [0.1, 0.15) is 0 Å². The molecule has 118 valence electrons. The van der Waals surface area contributed by atoms with Crippen molar-refractivity contribution in [1.82, 2.24) is 0 Å². The molecule has 2 unspecified atom stereocenters. The average Bonchev–Trinajstić information content (AvgIpc) is 2.27. The molecule has 0 rings (SSSR count). The van der Waals surface area contributed by atoms with Crippen molar-refractivity contribution in [1.29, 1.82) is 0 Å². The van der Waals surface area contributed by atoms with Crippen molar-refractivity contribution in [3.05, 3.63) is 0 Å². The summed E-state index contributed by atoms with van der Waals surface area (Å²) in [7, 11) is -1.68. The molecular formula is C11H34O4Si4. The summed E-state index contributed by atoms with van der Waals surface area (Å²) in [4.78, 5) is 0. The van der Waals surface area contributed by atoms with Gasteiger partial charge in [0.25, 0.3) is 0 Å². The maximum Gasteiger partial charge on any atom is 0.307 e. The molecule has 0 spiro atoms. The average molecular weight is 343 g/mol. The molecule has 0 aromatic rings. The van der Waals surface area contributed by atoms with E-state index in [4.69, 9.17) is 17.1 Å². The molecule has 0 aromatic heterocycles. The lowest BCUT2D eigenvalue weighted by molar-refractivity contribution is 0.338. The highest BCUT2D eigenvalue weighted by atomic mass is 28.4. The third-order valence-corrected chi connectivity index (χ3v) is 13.6. The Balaban J connectivity index is 0. The molecule has 0 aliphatic rings. The van der Waals surface area contributed by atoms with Crippen LogP contribution in [0.4, 0.5) is 0 Å². The van der Waals surface area contributed by atoms with E-state index in [-0.39, 0.29) is 0 Å². The first-order valence-electron chi connectivity index (χ1n) is 6.88. The zero-order valence-corrected chi connectivity index (χ0v) is 18.8. The molecule has 0 heterocycles. The van der Waals surface area contributed by atoms with Gasteiger partial charge in [-0.3, -0.25) is 0 Å². The van der Waals surface area contributed by atoms with E-state index in [0.717, 1.165) is 0 Å². The van der Waals surface area contributed by atoms with Crippen LogP contribution < -0.4 is 0 Å². The standard InChI is InChI=1S/C6H18O2Si2.C5H16O2Si2/c1-6-10(4,5)8-9(3)7-2;1-6-8(2)7-9(3,4)5/h9H,6H2,1-5H3;8H,1-5H3. The first kappa shape index (κ1) is 22.0. The molecule has 0 amide bonds. The summed E-state index contributed by atoms with van der Waals surface area (Å²) in [6, 6.07) is 1.17. The van der Waals surface area contributed by atoms with Crippen molar-refractivity contribution in [2.45, 2.75) is 58.8 Å². The minimum atomic E-state index is -1.32. The van der Waals surface area contributed by atoms with Gasteiger partial charge in [0.15, 0.2) is 16.6 Å². The molecule has 0 aliphatic carbocycles. The van der Waals surface area contributed by atoms with Gasteiger partial charge >= 0.3 is 18.6 Å². The van der Waals surface area contributed by atoms with E-state index in [0.29, 0.717) is 0 Å². The van der Waals surface area contributed by atoms with Crippen molar-refractivity contribution < 1.29 is 17.1 Å². The lowest BCUT2D eigenvalue weighted by Gasteiger charge is -2.24. The van der Waals surface area contributed by atoms with Gasteiger partial charge in [-0.25, -0.2) is 0 Å². The first-order chi connectivity index (χ1) is 8.47. The fourth-order valence-electron chi connectivity index (χ4n) is 1.13. The Morgan fingerprint density at radius 1 is 0.789 bits per heavy atom. The van der Waals surface area contributed by atoms with E-state index in [9.17, 15) is 0 Å². The minimum Gasteiger partial charge on any atom is -0.438 e. The lowest BCUT2D eigenvalue weighted by atomic mass is 11.0. The fraction of sp³-hybridized carbons (Fsp3) is 1.00. The molecule has 19 heavy (non-hydrogen) atoms. The normalized spacial score (nSPS) is 15.5. The van der Waals surface area contributed by atoms with E-state index in [2.05, 4.69) is 52.8 Å². The minimum absolute atomic E-state index is 1.17. The lowest BCUT2D eigenvalue weighted by Crippen LogP contribution is -2.36. The van der Waals surface area contributed by atoms with E-state index >= 15 is 0 Å². The molecular weight excluding hydrogens is 308 g/mol. The van der Waals surface area contributed by atoms with E-state index in [1.165, 1.54) is 6.04 Å². The van der Waals surface area contributed by atoms with Crippen LogP contribution >= 0.6 is 0 Å².